The van der Waals surface area contributed by atoms with Gasteiger partial charge in [-0.15, -0.1) is 0 Å². The van der Waals surface area contributed by atoms with Gasteiger partial charge in [0.25, 0.3) is 0 Å². The normalized spacial score (nSPS) is 10.6. The number of carbonyl (C=O) groups is 2. The van der Waals surface area contributed by atoms with Crippen LogP contribution in [0, 0.1) is 0 Å². The summed E-state index contributed by atoms with van der Waals surface area (Å²) in [4.78, 5) is 24.4. The van der Waals surface area contributed by atoms with Crippen molar-refractivity contribution in [2.45, 2.75) is 71.6 Å². The third-order valence-electron chi connectivity index (χ3n) is 5.14. The van der Waals surface area contributed by atoms with E-state index < -0.39 is 5.97 Å². The second-order valence-electron chi connectivity index (χ2n) is 7.90. The molecule has 0 N–H and O–H groups in total. The van der Waals surface area contributed by atoms with Gasteiger partial charge in [0.15, 0.2) is 0 Å². The molecule has 2 aromatic rings. The molecule has 32 heavy (non-hydrogen) atoms. The first kappa shape index (κ1) is 25.4. The fourth-order valence-corrected chi connectivity index (χ4v) is 3.18. The summed E-state index contributed by atoms with van der Waals surface area (Å²) in [6.45, 7) is 5.42. The number of benzene rings is 2. The largest absolute Gasteiger partial charge is 0.494 e. The Bertz CT molecular complexity index is 796. The summed E-state index contributed by atoms with van der Waals surface area (Å²) in [6.07, 6.45) is 10.3. The summed E-state index contributed by atoms with van der Waals surface area (Å²) in [5, 5.41) is 0. The van der Waals surface area contributed by atoms with Crippen LogP contribution in [-0.4, -0.2) is 25.2 Å². The molecule has 174 valence electrons. The van der Waals surface area contributed by atoms with Crippen LogP contribution in [0.5, 0.6) is 11.5 Å². The molecule has 0 fully saturated rings. The van der Waals surface area contributed by atoms with Crippen LogP contribution in [0.2, 0.25) is 0 Å². The molecule has 0 radical (unpaired) electrons. The number of hydrogen-bond donors (Lipinski definition) is 0. The van der Waals surface area contributed by atoms with Crippen molar-refractivity contribution in [1.82, 2.24) is 0 Å². The number of esters is 2. The molecule has 0 aliphatic heterocycles. The topological polar surface area (TPSA) is 61.8 Å². The maximum absolute atomic E-state index is 12.4. The molecule has 0 saturated heterocycles. The van der Waals surface area contributed by atoms with Crippen molar-refractivity contribution >= 4 is 11.9 Å². The second-order valence-corrected chi connectivity index (χ2v) is 7.90. The molecule has 5 heteroatoms. The van der Waals surface area contributed by atoms with E-state index in [1.165, 1.54) is 32.1 Å². The van der Waals surface area contributed by atoms with Crippen molar-refractivity contribution in [3.63, 3.8) is 0 Å². The molecule has 2 rings (SSSR count). The maximum atomic E-state index is 12.4. The van der Waals surface area contributed by atoms with Crippen LogP contribution in [0.1, 0.15) is 92.4 Å². The molecule has 0 atom stereocenters. The van der Waals surface area contributed by atoms with Gasteiger partial charge in [-0.3, -0.25) is 0 Å². The highest BCUT2D eigenvalue weighted by Crippen LogP contribution is 2.18. The van der Waals surface area contributed by atoms with Gasteiger partial charge in [0, 0.05) is 0 Å². The number of ether oxygens (including phenoxy) is 3. The molecule has 0 spiro atoms. The zero-order chi connectivity index (χ0) is 23.0. The third kappa shape index (κ3) is 9.54. The highest BCUT2D eigenvalue weighted by molar-refractivity contribution is 5.92. The summed E-state index contributed by atoms with van der Waals surface area (Å²) in [5.74, 6) is 0.302. The number of rotatable bonds is 15. The SMILES string of the molecule is CCCCCCCCOc1ccc(C(=O)Oc2ccc(C(=O)OCCCCC)cc2)cc1. The fourth-order valence-electron chi connectivity index (χ4n) is 3.18. The van der Waals surface area contributed by atoms with E-state index in [2.05, 4.69) is 13.8 Å². The molecule has 2 aromatic carbocycles. The summed E-state index contributed by atoms with van der Waals surface area (Å²) in [5.41, 5.74) is 0.879. The van der Waals surface area contributed by atoms with Crippen LogP contribution in [0.4, 0.5) is 0 Å². The number of carbonyl (C=O) groups excluding carboxylic acids is 2. The predicted molar refractivity (Wildman–Crippen MR) is 127 cm³/mol. The second kappa shape index (κ2) is 15.1. The van der Waals surface area contributed by atoms with E-state index in [0.717, 1.165) is 31.4 Å². The van der Waals surface area contributed by atoms with E-state index in [0.29, 0.717) is 30.1 Å². The Morgan fingerprint density at radius 1 is 0.594 bits per heavy atom. The van der Waals surface area contributed by atoms with Gasteiger partial charge in [0.1, 0.15) is 11.5 Å². The lowest BCUT2D eigenvalue weighted by molar-refractivity contribution is 0.0498. The Labute approximate surface area is 192 Å². The Hall–Kier alpha value is -2.82. The maximum Gasteiger partial charge on any atom is 0.343 e. The van der Waals surface area contributed by atoms with E-state index in [9.17, 15) is 9.59 Å². The van der Waals surface area contributed by atoms with Crippen molar-refractivity contribution in [2.75, 3.05) is 13.2 Å². The minimum atomic E-state index is -0.456. The van der Waals surface area contributed by atoms with Gasteiger partial charge in [-0.1, -0.05) is 58.8 Å². The molecule has 0 aliphatic carbocycles. The van der Waals surface area contributed by atoms with Crippen LogP contribution in [0.15, 0.2) is 48.5 Å². The lowest BCUT2D eigenvalue weighted by Gasteiger charge is -2.08. The van der Waals surface area contributed by atoms with Crippen molar-refractivity contribution in [1.29, 1.82) is 0 Å². The standard InChI is InChI=1S/C27H36O5/c1-3-5-7-8-9-11-20-30-24-16-12-23(13-17-24)27(29)32-25-18-14-22(15-19-25)26(28)31-21-10-6-4-2/h12-19H,3-11,20-21H2,1-2H3. The smallest absolute Gasteiger partial charge is 0.343 e. The molecule has 0 aromatic heterocycles. The summed E-state index contributed by atoms with van der Waals surface area (Å²) < 4.78 is 16.4. The minimum absolute atomic E-state index is 0.365. The molecule has 0 heterocycles. The van der Waals surface area contributed by atoms with Crippen LogP contribution >= 0.6 is 0 Å². The van der Waals surface area contributed by atoms with Crippen LogP contribution < -0.4 is 9.47 Å². The van der Waals surface area contributed by atoms with Gasteiger partial charge in [-0.2, -0.15) is 0 Å². The Morgan fingerprint density at radius 3 is 1.75 bits per heavy atom. The van der Waals surface area contributed by atoms with Gasteiger partial charge in [-0.05, 0) is 61.4 Å². The summed E-state index contributed by atoms with van der Waals surface area (Å²) in [6, 6.07) is 13.4. The molecule has 0 amide bonds. The fraction of sp³-hybridized carbons (Fsp3) is 0.481. The van der Waals surface area contributed by atoms with E-state index in [-0.39, 0.29) is 5.97 Å². The van der Waals surface area contributed by atoms with Gasteiger partial charge in [0.05, 0.1) is 24.3 Å². The quantitative estimate of drug-likeness (QED) is 0.170. The Balaban J connectivity index is 1.74. The van der Waals surface area contributed by atoms with Crippen molar-refractivity contribution in [2.24, 2.45) is 0 Å². The van der Waals surface area contributed by atoms with Gasteiger partial charge < -0.3 is 14.2 Å². The molecular formula is C27H36O5. The molecule has 0 saturated carbocycles. The van der Waals surface area contributed by atoms with E-state index in [4.69, 9.17) is 14.2 Å². The van der Waals surface area contributed by atoms with E-state index >= 15 is 0 Å². The predicted octanol–water partition coefficient (Wildman–Crippen LogP) is 6.99. The first-order chi connectivity index (χ1) is 15.6. The first-order valence-corrected chi connectivity index (χ1v) is 11.9. The molecule has 5 nitrogen and oxygen atoms in total. The zero-order valence-corrected chi connectivity index (χ0v) is 19.4. The summed E-state index contributed by atoms with van der Waals surface area (Å²) in [7, 11) is 0. The van der Waals surface area contributed by atoms with Crippen molar-refractivity contribution < 1.29 is 23.8 Å². The lowest BCUT2D eigenvalue weighted by Crippen LogP contribution is -2.09. The average molecular weight is 441 g/mol. The molecule has 0 bridgehead atoms. The average Bonchev–Trinajstić information content (AvgIpc) is 2.82. The molecule has 0 unspecified atom stereocenters. The van der Waals surface area contributed by atoms with Crippen LogP contribution in [0.25, 0.3) is 0 Å². The van der Waals surface area contributed by atoms with Gasteiger partial charge >= 0.3 is 11.9 Å². The summed E-state index contributed by atoms with van der Waals surface area (Å²) >= 11 is 0. The highest BCUT2D eigenvalue weighted by Gasteiger charge is 2.11. The Morgan fingerprint density at radius 2 is 1.09 bits per heavy atom. The first-order valence-electron chi connectivity index (χ1n) is 11.9. The monoisotopic (exact) mass is 440 g/mol. The number of unbranched alkanes of at least 4 members (excludes halogenated alkanes) is 7. The van der Waals surface area contributed by atoms with E-state index in [1.54, 1.807) is 48.5 Å². The highest BCUT2D eigenvalue weighted by atomic mass is 16.5. The van der Waals surface area contributed by atoms with Crippen LogP contribution in [0.3, 0.4) is 0 Å². The zero-order valence-electron chi connectivity index (χ0n) is 19.4. The minimum Gasteiger partial charge on any atom is -0.494 e. The van der Waals surface area contributed by atoms with Crippen LogP contribution in [-0.2, 0) is 4.74 Å². The molecule has 0 aliphatic rings. The number of hydrogen-bond acceptors (Lipinski definition) is 5. The lowest BCUT2D eigenvalue weighted by atomic mass is 10.1. The third-order valence-corrected chi connectivity index (χ3v) is 5.14. The van der Waals surface area contributed by atoms with Crippen molar-refractivity contribution in [3.05, 3.63) is 59.7 Å². The Kier molecular flexibility index (Phi) is 12.0. The molecular weight excluding hydrogens is 404 g/mol. The van der Waals surface area contributed by atoms with Gasteiger partial charge in [0.2, 0.25) is 0 Å². The van der Waals surface area contributed by atoms with Crippen molar-refractivity contribution in [3.8, 4) is 11.5 Å². The van der Waals surface area contributed by atoms with E-state index in [1.807, 2.05) is 0 Å². The van der Waals surface area contributed by atoms with Gasteiger partial charge in [-0.25, -0.2) is 9.59 Å².